The predicted octanol–water partition coefficient (Wildman–Crippen LogP) is -0.697. The Morgan fingerprint density at radius 2 is 1.16 bits per heavy atom. The first-order chi connectivity index (χ1) is 24.5. The molecule has 1 saturated heterocycles. The molecule has 0 aliphatic carbocycles. The summed E-state index contributed by atoms with van der Waals surface area (Å²) < 4.78 is 17.2. The third-order valence-corrected chi connectivity index (χ3v) is 8.02. The minimum Gasteiger partial charge on any atom is -0.463 e. The predicted molar refractivity (Wildman–Crippen MR) is 194 cm³/mol. The van der Waals surface area contributed by atoms with Crippen LogP contribution in [0.3, 0.4) is 0 Å². The number of aliphatic hydroxyl groups excluding tert-OH is 2. The highest BCUT2D eigenvalue weighted by atomic mass is 16.7. The molecule has 1 aliphatic rings. The number of nitrogens with one attached hydrogen (secondary N) is 7. The van der Waals surface area contributed by atoms with E-state index in [4.69, 9.17) is 25.7 Å². The number of amides is 3. The molecule has 0 radical (unpaired) electrons. The van der Waals surface area contributed by atoms with Gasteiger partial charge < -0.3 is 73.1 Å². The number of carbonyl (C=O) groups is 2. The van der Waals surface area contributed by atoms with Crippen LogP contribution in [0.1, 0.15) is 51.4 Å². The topological polar surface area (TPSA) is 239 Å². The SMILES string of the molecule is NCCCNCCCCNCCCNC(=O)N[C@H]1[C@H](Oc2ccccc2)O[C@H](COC(=O)NCCCNCCCCNCCCN)[C@@H](O)[C@@H]1O. The number of benzene rings is 1. The van der Waals surface area contributed by atoms with E-state index in [0.717, 1.165) is 97.3 Å². The maximum Gasteiger partial charge on any atom is 0.407 e. The van der Waals surface area contributed by atoms with E-state index in [-0.39, 0.29) is 6.61 Å². The van der Waals surface area contributed by atoms with Crippen molar-refractivity contribution in [2.45, 2.75) is 82.0 Å². The molecule has 0 unspecified atom stereocenters. The van der Waals surface area contributed by atoms with Gasteiger partial charge in [-0.25, -0.2) is 9.59 Å². The lowest BCUT2D eigenvalue weighted by molar-refractivity contribution is -0.242. The fraction of sp³-hybridized carbons (Fsp3) is 0.765. The minimum atomic E-state index is -1.46. The molecule has 13 N–H and O–H groups in total. The van der Waals surface area contributed by atoms with Crippen molar-refractivity contribution in [1.82, 2.24) is 37.2 Å². The molecule has 1 heterocycles. The van der Waals surface area contributed by atoms with Gasteiger partial charge in [0.05, 0.1) is 0 Å². The molecule has 16 nitrogen and oxygen atoms in total. The zero-order valence-electron chi connectivity index (χ0n) is 29.7. The molecule has 1 aromatic rings. The van der Waals surface area contributed by atoms with E-state index >= 15 is 0 Å². The molecule has 1 aromatic carbocycles. The van der Waals surface area contributed by atoms with Crippen LogP contribution in [-0.2, 0) is 9.47 Å². The molecule has 50 heavy (non-hydrogen) atoms. The lowest BCUT2D eigenvalue weighted by atomic mass is 9.97. The van der Waals surface area contributed by atoms with Crippen LogP contribution < -0.4 is 53.4 Å². The van der Waals surface area contributed by atoms with E-state index in [0.29, 0.717) is 38.3 Å². The number of rotatable bonds is 29. The Morgan fingerprint density at radius 1 is 0.660 bits per heavy atom. The van der Waals surface area contributed by atoms with E-state index in [1.165, 1.54) is 0 Å². The van der Waals surface area contributed by atoms with Crippen molar-refractivity contribution >= 4 is 12.1 Å². The molecular formula is C34H65N9O7. The van der Waals surface area contributed by atoms with Crippen molar-refractivity contribution in [2.75, 3.05) is 85.1 Å². The molecule has 0 aromatic heterocycles. The fourth-order valence-electron chi connectivity index (χ4n) is 5.14. The molecule has 16 heteroatoms. The molecular weight excluding hydrogens is 646 g/mol. The van der Waals surface area contributed by atoms with Gasteiger partial charge in [-0.1, -0.05) is 18.2 Å². The number of hydrogen-bond acceptors (Lipinski definition) is 13. The Labute approximate surface area is 297 Å². The third kappa shape index (κ3) is 20.1. The largest absolute Gasteiger partial charge is 0.463 e. The van der Waals surface area contributed by atoms with Crippen LogP contribution in [0.15, 0.2) is 30.3 Å². The van der Waals surface area contributed by atoms with Gasteiger partial charge in [-0.15, -0.1) is 0 Å². The number of hydrogen-bond donors (Lipinski definition) is 11. The molecule has 0 bridgehead atoms. The first-order valence-corrected chi connectivity index (χ1v) is 18.4. The van der Waals surface area contributed by atoms with Crippen LogP contribution in [0.5, 0.6) is 5.75 Å². The maximum absolute atomic E-state index is 12.7. The van der Waals surface area contributed by atoms with Crippen LogP contribution in [0.25, 0.3) is 0 Å². The Morgan fingerprint density at radius 3 is 1.70 bits per heavy atom. The average Bonchev–Trinajstić information content (AvgIpc) is 3.12. The highest BCUT2D eigenvalue weighted by molar-refractivity contribution is 5.74. The smallest absolute Gasteiger partial charge is 0.407 e. The summed E-state index contributed by atoms with van der Waals surface area (Å²) in [5.41, 5.74) is 11.0. The number of unbranched alkanes of at least 4 members (excludes halogenated alkanes) is 2. The van der Waals surface area contributed by atoms with Gasteiger partial charge in [0.2, 0.25) is 6.29 Å². The maximum atomic E-state index is 12.7. The zero-order valence-corrected chi connectivity index (χ0v) is 29.7. The molecule has 2 rings (SSSR count). The average molecular weight is 712 g/mol. The van der Waals surface area contributed by atoms with Crippen LogP contribution in [0.4, 0.5) is 9.59 Å². The number of nitrogens with two attached hydrogens (primary N) is 2. The molecule has 1 fully saturated rings. The van der Waals surface area contributed by atoms with Crippen molar-refractivity contribution in [1.29, 1.82) is 0 Å². The van der Waals surface area contributed by atoms with Crippen molar-refractivity contribution < 1.29 is 34.0 Å². The second-order valence-corrected chi connectivity index (χ2v) is 12.3. The number of urea groups is 1. The summed E-state index contributed by atoms with van der Waals surface area (Å²) >= 11 is 0. The summed E-state index contributed by atoms with van der Waals surface area (Å²) in [5.74, 6) is 0.441. The lowest BCUT2D eigenvalue weighted by Crippen LogP contribution is -2.66. The molecule has 3 amide bonds. The number of carbonyl (C=O) groups excluding carboxylic acids is 2. The second-order valence-electron chi connectivity index (χ2n) is 12.3. The van der Waals surface area contributed by atoms with Crippen LogP contribution >= 0.6 is 0 Å². The first-order valence-electron chi connectivity index (χ1n) is 18.4. The van der Waals surface area contributed by atoms with Gasteiger partial charge in [0.1, 0.15) is 36.7 Å². The monoisotopic (exact) mass is 712 g/mol. The van der Waals surface area contributed by atoms with Gasteiger partial charge in [-0.2, -0.15) is 0 Å². The van der Waals surface area contributed by atoms with Gasteiger partial charge in [0.15, 0.2) is 0 Å². The Balaban J connectivity index is 1.69. The van der Waals surface area contributed by atoms with Gasteiger partial charge in [0, 0.05) is 13.1 Å². The van der Waals surface area contributed by atoms with Crippen molar-refractivity contribution in [3.63, 3.8) is 0 Å². The summed E-state index contributed by atoms with van der Waals surface area (Å²) in [6, 6.07) is 7.15. The summed E-state index contributed by atoms with van der Waals surface area (Å²) in [6.07, 6.45) is 1.84. The standard InChI is InChI=1S/C34H65N9O7/c35-14-8-20-37-16-4-6-18-39-22-10-24-41-33(46)43-29-31(45)30(44)28(50-32(29)49-27-12-2-1-3-13-27)26-48-34(47)42-25-11-23-40-19-7-5-17-38-21-9-15-36/h1-3,12-13,28-32,37-40,44-45H,4-11,14-26,35-36H2,(H,42,47)(H2,41,43,46)/t28-,29-,30-,31-,32-/m1/s1. The van der Waals surface area contributed by atoms with E-state index < -0.39 is 42.8 Å². The third-order valence-electron chi connectivity index (χ3n) is 8.02. The van der Waals surface area contributed by atoms with Gasteiger partial charge in [-0.3, -0.25) is 0 Å². The van der Waals surface area contributed by atoms with Crippen LogP contribution in [-0.4, -0.2) is 138 Å². The molecule has 0 saturated carbocycles. The Kier molecular flexibility index (Phi) is 25.0. The molecule has 1 aliphatic heterocycles. The van der Waals surface area contributed by atoms with Gasteiger partial charge in [-0.05, 0) is 129 Å². The second kappa shape index (κ2) is 28.8. The van der Waals surface area contributed by atoms with Crippen LogP contribution in [0, 0.1) is 0 Å². The van der Waals surface area contributed by atoms with E-state index in [1.807, 2.05) is 6.07 Å². The highest BCUT2D eigenvalue weighted by Crippen LogP contribution is 2.25. The zero-order chi connectivity index (χ0) is 36.1. The molecule has 288 valence electrons. The Hall–Kier alpha value is -2.80. The van der Waals surface area contributed by atoms with Crippen molar-refractivity contribution in [2.24, 2.45) is 11.5 Å². The van der Waals surface area contributed by atoms with Crippen molar-refractivity contribution in [3.05, 3.63) is 30.3 Å². The number of alkyl carbamates (subject to hydrolysis) is 1. The quantitative estimate of drug-likeness (QED) is 0.0462. The van der Waals surface area contributed by atoms with Crippen LogP contribution in [0.2, 0.25) is 0 Å². The lowest BCUT2D eigenvalue weighted by Gasteiger charge is -2.42. The summed E-state index contributed by atoms with van der Waals surface area (Å²) in [7, 11) is 0. The summed E-state index contributed by atoms with van der Waals surface area (Å²) in [6.45, 7) is 9.04. The number of ether oxygens (including phenoxy) is 3. The summed E-state index contributed by atoms with van der Waals surface area (Å²) in [5, 5.41) is 43.5. The first kappa shape index (κ1) is 43.4. The van der Waals surface area contributed by atoms with Crippen molar-refractivity contribution in [3.8, 4) is 5.75 Å². The molecule has 5 atom stereocenters. The van der Waals surface area contributed by atoms with E-state index in [9.17, 15) is 19.8 Å². The fourth-order valence-corrected chi connectivity index (χ4v) is 5.14. The minimum absolute atomic E-state index is 0.326. The normalized spacial score (nSPS) is 20.3. The Bertz CT molecular complexity index is 984. The molecule has 0 spiro atoms. The van der Waals surface area contributed by atoms with E-state index in [2.05, 4.69) is 37.2 Å². The highest BCUT2D eigenvalue weighted by Gasteiger charge is 2.47. The number of para-hydroxylation sites is 1. The summed E-state index contributed by atoms with van der Waals surface area (Å²) in [4.78, 5) is 25.1. The van der Waals surface area contributed by atoms with Gasteiger partial charge >= 0.3 is 12.1 Å². The van der Waals surface area contributed by atoms with Gasteiger partial charge in [0.25, 0.3) is 0 Å². The number of aliphatic hydroxyl groups is 2. The van der Waals surface area contributed by atoms with E-state index in [1.54, 1.807) is 24.3 Å².